The van der Waals surface area contributed by atoms with Gasteiger partial charge in [-0.25, -0.2) is 13.8 Å². The van der Waals surface area contributed by atoms with E-state index in [4.69, 9.17) is 25.7 Å². The molecule has 0 aliphatic carbocycles. The van der Waals surface area contributed by atoms with Gasteiger partial charge in [0.15, 0.2) is 17.3 Å². The van der Waals surface area contributed by atoms with E-state index in [1.54, 1.807) is 30.2 Å². The molecule has 0 spiro atoms. The molecule has 0 unspecified atom stereocenters. The van der Waals surface area contributed by atoms with Crippen LogP contribution >= 0.6 is 0 Å². The number of benzene rings is 2. The molecule has 0 radical (unpaired) electrons. The molecule has 1 aliphatic rings. The highest BCUT2D eigenvalue weighted by Crippen LogP contribution is 2.37. The van der Waals surface area contributed by atoms with Crippen molar-refractivity contribution in [1.82, 2.24) is 14.9 Å². The predicted molar refractivity (Wildman–Crippen MR) is 146 cm³/mol. The molecule has 1 aliphatic heterocycles. The number of ether oxygens (including phenoxy) is 3. The number of amides is 1. The predicted octanol–water partition coefficient (Wildman–Crippen LogP) is 2.77. The Balaban J connectivity index is 0.000000631. The SMILES string of the molecule is COCCCN.COc1cc2c(N)nc(N3CCN(C(=O)CCc4ccc(F)cc4)CC3)nc2c(F)c1OC. The van der Waals surface area contributed by atoms with E-state index in [0.717, 1.165) is 25.1 Å². The van der Waals surface area contributed by atoms with E-state index in [1.165, 1.54) is 26.4 Å². The fraction of sp³-hybridized carbons (Fsp3) is 0.444. The second-order valence-corrected chi connectivity index (χ2v) is 8.86. The third-order valence-electron chi connectivity index (χ3n) is 6.30. The number of piperazine rings is 1. The summed E-state index contributed by atoms with van der Waals surface area (Å²) in [6.07, 6.45) is 1.86. The number of anilines is 2. The maximum Gasteiger partial charge on any atom is 0.228 e. The molecule has 0 bridgehead atoms. The number of rotatable bonds is 9. The number of aryl methyl sites for hydroxylation is 1. The minimum atomic E-state index is -0.670. The second kappa shape index (κ2) is 14.4. The maximum atomic E-state index is 15.0. The first-order valence-corrected chi connectivity index (χ1v) is 12.7. The summed E-state index contributed by atoms with van der Waals surface area (Å²) in [7, 11) is 4.44. The number of methoxy groups -OCH3 is 3. The summed E-state index contributed by atoms with van der Waals surface area (Å²) in [5.74, 6) is -0.353. The quantitative estimate of drug-likeness (QED) is 0.389. The Morgan fingerprint density at radius 1 is 1.03 bits per heavy atom. The number of nitrogens with zero attached hydrogens (tertiary/aromatic N) is 4. The molecule has 4 N–H and O–H groups in total. The van der Waals surface area contributed by atoms with Crippen LogP contribution in [-0.2, 0) is 16.0 Å². The lowest BCUT2D eigenvalue weighted by Gasteiger charge is -2.35. The molecule has 1 aromatic heterocycles. The molecule has 1 saturated heterocycles. The minimum absolute atomic E-state index is 0.0285. The zero-order valence-corrected chi connectivity index (χ0v) is 22.6. The summed E-state index contributed by atoms with van der Waals surface area (Å²) in [5, 5.41) is 0.337. The van der Waals surface area contributed by atoms with E-state index in [1.807, 2.05) is 4.90 Å². The number of aromatic nitrogens is 2. The Bertz CT molecular complexity index is 1230. The van der Waals surface area contributed by atoms with Gasteiger partial charge < -0.3 is 35.5 Å². The van der Waals surface area contributed by atoms with Crippen LogP contribution in [0.1, 0.15) is 18.4 Å². The largest absolute Gasteiger partial charge is 0.493 e. The fourth-order valence-corrected chi connectivity index (χ4v) is 4.12. The van der Waals surface area contributed by atoms with Gasteiger partial charge in [0.1, 0.15) is 17.2 Å². The maximum absolute atomic E-state index is 15.0. The van der Waals surface area contributed by atoms with Crippen LogP contribution in [0.15, 0.2) is 30.3 Å². The van der Waals surface area contributed by atoms with E-state index >= 15 is 4.39 Å². The lowest BCUT2D eigenvalue weighted by atomic mass is 10.1. The molecular weight excluding hydrogens is 510 g/mol. The molecule has 10 nitrogen and oxygen atoms in total. The van der Waals surface area contributed by atoms with Gasteiger partial charge in [0.2, 0.25) is 11.9 Å². The number of hydrogen-bond donors (Lipinski definition) is 2. The highest BCUT2D eigenvalue weighted by molar-refractivity contribution is 5.92. The second-order valence-electron chi connectivity index (χ2n) is 8.86. The first-order chi connectivity index (χ1) is 18.8. The summed E-state index contributed by atoms with van der Waals surface area (Å²) in [4.78, 5) is 25.0. The van der Waals surface area contributed by atoms with Gasteiger partial charge in [-0.2, -0.15) is 4.98 Å². The van der Waals surface area contributed by atoms with Gasteiger partial charge in [-0.3, -0.25) is 4.79 Å². The Kier molecular flexibility index (Phi) is 11.0. The van der Waals surface area contributed by atoms with Crippen LogP contribution in [0.5, 0.6) is 11.5 Å². The monoisotopic (exact) mass is 546 g/mol. The van der Waals surface area contributed by atoms with Crippen molar-refractivity contribution in [2.75, 3.05) is 71.3 Å². The number of nitrogens with two attached hydrogens (primary N) is 2. The zero-order chi connectivity index (χ0) is 28.4. The van der Waals surface area contributed by atoms with E-state index in [0.29, 0.717) is 50.4 Å². The smallest absolute Gasteiger partial charge is 0.228 e. The highest BCUT2D eigenvalue weighted by Gasteiger charge is 2.25. The van der Waals surface area contributed by atoms with E-state index in [2.05, 4.69) is 9.97 Å². The molecule has 1 fully saturated rings. The molecule has 39 heavy (non-hydrogen) atoms. The van der Waals surface area contributed by atoms with Crippen LogP contribution in [0.3, 0.4) is 0 Å². The summed E-state index contributed by atoms with van der Waals surface area (Å²) < 4.78 is 43.0. The van der Waals surface area contributed by atoms with Crippen molar-refractivity contribution in [2.24, 2.45) is 5.73 Å². The molecule has 12 heteroatoms. The zero-order valence-electron chi connectivity index (χ0n) is 22.6. The number of nitrogen functional groups attached to an aromatic ring is 1. The molecule has 2 heterocycles. The van der Waals surface area contributed by atoms with E-state index in [-0.39, 0.29) is 34.6 Å². The van der Waals surface area contributed by atoms with Crippen molar-refractivity contribution in [1.29, 1.82) is 0 Å². The van der Waals surface area contributed by atoms with Gasteiger partial charge >= 0.3 is 0 Å². The number of hydrogen-bond acceptors (Lipinski definition) is 9. The van der Waals surface area contributed by atoms with E-state index < -0.39 is 5.82 Å². The normalized spacial score (nSPS) is 13.2. The molecule has 212 valence electrons. The molecule has 0 saturated carbocycles. The molecule has 2 aromatic carbocycles. The first kappa shape index (κ1) is 29.8. The van der Waals surface area contributed by atoms with Gasteiger partial charge in [-0.05, 0) is 43.1 Å². The standard InChI is InChI=1S/C23H25F2N5O3.C4H11NO/c1-32-17-13-16-20(19(25)21(17)33-2)27-23(28-22(16)26)30-11-9-29(10-12-30)18(31)8-5-14-3-6-15(24)7-4-14;1-6-4-2-3-5/h3-4,6-7,13H,5,8-12H2,1-2H3,(H2,26,27,28);2-5H2,1H3. The van der Waals surface area contributed by atoms with Crippen LogP contribution in [0.2, 0.25) is 0 Å². The molecule has 4 rings (SSSR count). The lowest BCUT2D eigenvalue weighted by molar-refractivity contribution is -0.131. The average molecular weight is 547 g/mol. The molecule has 1 amide bonds. The summed E-state index contributed by atoms with van der Waals surface area (Å²) in [6, 6.07) is 7.70. The van der Waals surface area contributed by atoms with Crippen LogP contribution in [0.4, 0.5) is 20.5 Å². The molecule has 3 aromatic rings. The van der Waals surface area contributed by atoms with Gasteiger partial charge in [-0.1, -0.05) is 12.1 Å². The Morgan fingerprint density at radius 3 is 2.28 bits per heavy atom. The van der Waals surface area contributed by atoms with Crippen molar-refractivity contribution >= 4 is 28.6 Å². The number of carbonyl (C=O) groups is 1. The van der Waals surface area contributed by atoms with E-state index in [9.17, 15) is 9.18 Å². The van der Waals surface area contributed by atoms with Gasteiger partial charge in [0.05, 0.1) is 14.2 Å². The van der Waals surface area contributed by atoms with Crippen molar-refractivity contribution in [3.8, 4) is 11.5 Å². The van der Waals surface area contributed by atoms with Crippen LogP contribution in [-0.4, -0.2) is 81.4 Å². The highest BCUT2D eigenvalue weighted by atomic mass is 19.1. The minimum Gasteiger partial charge on any atom is -0.493 e. The fourth-order valence-electron chi connectivity index (χ4n) is 4.12. The third-order valence-corrected chi connectivity index (χ3v) is 6.30. The summed E-state index contributed by atoms with van der Waals surface area (Å²) >= 11 is 0. The van der Waals surface area contributed by atoms with Crippen molar-refractivity contribution in [2.45, 2.75) is 19.3 Å². The molecule has 0 atom stereocenters. The Hall–Kier alpha value is -3.77. The first-order valence-electron chi connectivity index (χ1n) is 12.7. The average Bonchev–Trinajstić information content (AvgIpc) is 2.96. The van der Waals surface area contributed by atoms with Gasteiger partial charge in [0, 0.05) is 51.7 Å². The topological polar surface area (TPSA) is 129 Å². The number of halogens is 2. The van der Waals surface area contributed by atoms with Gasteiger partial charge in [-0.15, -0.1) is 0 Å². The Morgan fingerprint density at radius 2 is 1.72 bits per heavy atom. The van der Waals surface area contributed by atoms with Gasteiger partial charge in [0.25, 0.3) is 0 Å². The van der Waals surface area contributed by atoms with Crippen LogP contribution in [0.25, 0.3) is 10.9 Å². The summed E-state index contributed by atoms with van der Waals surface area (Å²) in [6.45, 7) is 3.46. The Labute approximate surface area is 226 Å². The third kappa shape index (κ3) is 7.64. The molecular formula is C27H36F2N6O4. The van der Waals surface area contributed by atoms with Crippen molar-refractivity contribution < 1.29 is 27.8 Å². The lowest BCUT2D eigenvalue weighted by Crippen LogP contribution is -2.49. The van der Waals surface area contributed by atoms with Crippen LogP contribution in [0, 0.1) is 11.6 Å². The number of carbonyl (C=O) groups excluding carboxylic acids is 1. The number of fused-ring (bicyclic) bond motifs is 1. The van der Waals surface area contributed by atoms with Crippen molar-refractivity contribution in [3.63, 3.8) is 0 Å². The van der Waals surface area contributed by atoms with Crippen LogP contribution < -0.4 is 25.8 Å². The summed E-state index contributed by atoms with van der Waals surface area (Å²) in [5.41, 5.74) is 12.2. The van der Waals surface area contributed by atoms with Crippen molar-refractivity contribution in [3.05, 3.63) is 47.5 Å².